The van der Waals surface area contributed by atoms with Gasteiger partial charge in [0.1, 0.15) is 5.82 Å². The molecule has 6 heteroatoms. The average Bonchev–Trinajstić information content (AvgIpc) is 2.84. The quantitative estimate of drug-likeness (QED) is 0.720. The van der Waals surface area contributed by atoms with Crippen LogP contribution in [0.2, 0.25) is 0 Å². The van der Waals surface area contributed by atoms with Crippen LogP contribution in [-0.4, -0.2) is 15.5 Å². The van der Waals surface area contributed by atoms with Gasteiger partial charge in [-0.3, -0.25) is 9.88 Å². The number of nitrogens with one attached hydrogen (secondary N) is 1. The molecule has 0 saturated carbocycles. The Balaban J connectivity index is 1.97. The number of para-hydroxylation sites is 2. The van der Waals surface area contributed by atoms with E-state index in [-0.39, 0.29) is 11.8 Å². The van der Waals surface area contributed by atoms with E-state index in [2.05, 4.69) is 15.3 Å². The van der Waals surface area contributed by atoms with E-state index >= 15 is 0 Å². The normalized spacial score (nSPS) is 17.2. The Morgan fingerprint density at radius 3 is 2.86 bits per heavy atom. The lowest BCUT2D eigenvalue weighted by Crippen LogP contribution is -2.31. The summed E-state index contributed by atoms with van der Waals surface area (Å²) in [6.45, 7) is 0. The molecule has 1 aromatic heterocycles. The molecule has 3 aromatic rings. The summed E-state index contributed by atoms with van der Waals surface area (Å²) in [6, 6.07) is 14.1. The zero-order chi connectivity index (χ0) is 14.4. The number of nitrogens with two attached hydrogens (primary N) is 1. The summed E-state index contributed by atoms with van der Waals surface area (Å²) in [6.07, 6.45) is -0.427. The molecule has 1 unspecified atom stereocenters. The van der Waals surface area contributed by atoms with E-state index in [0.29, 0.717) is 5.95 Å². The van der Waals surface area contributed by atoms with Crippen LogP contribution in [0.4, 0.5) is 10.3 Å². The molecule has 1 aliphatic heterocycles. The van der Waals surface area contributed by atoms with Crippen LogP contribution in [0.5, 0.6) is 0 Å². The first-order valence-electron chi connectivity index (χ1n) is 6.55. The minimum atomic E-state index is -0.427. The van der Waals surface area contributed by atoms with E-state index < -0.39 is 6.17 Å². The molecule has 0 spiro atoms. The van der Waals surface area contributed by atoms with E-state index in [9.17, 15) is 4.39 Å². The van der Waals surface area contributed by atoms with Crippen molar-refractivity contribution in [2.75, 3.05) is 5.32 Å². The van der Waals surface area contributed by atoms with Crippen LogP contribution in [0.15, 0.2) is 53.5 Å². The fourth-order valence-corrected chi connectivity index (χ4v) is 2.61. The maximum absolute atomic E-state index is 13.5. The van der Waals surface area contributed by atoms with Crippen molar-refractivity contribution in [3.63, 3.8) is 0 Å². The largest absolute Gasteiger partial charge is 0.370 e. The Bertz CT molecular complexity index is 867. The number of nitrogens with zero attached hydrogens (tertiary/aromatic N) is 3. The number of benzene rings is 2. The monoisotopic (exact) mass is 281 g/mol. The molecule has 0 bridgehead atoms. The highest BCUT2D eigenvalue weighted by atomic mass is 19.1. The Kier molecular flexibility index (Phi) is 2.44. The van der Waals surface area contributed by atoms with Crippen molar-refractivity contribution in [3.05, 3.63) is 59.9 Å². The number of hydrogen-bond acceptors (Lipinski definition) is 4. The topological polar surface area (TPSA) is 68.2 Å². The Labute approximate surface area is 119 Å². The standard InChI is InChI=1S/C15H12FN5/c16-10-5-3-4-9(8-10)13-19-14(17)20-15-18-11-6-1-2-7-12(11)21(13)15/h1-8,13H,(H3,17,18,19,20). The smallest absolute Gasteiger partial charge is 0.212 e. The average molecular weight is 281 g/mol. The molecular weight excluding hydrogens is 269 g/mol. The summed E-state index contributed by atoms with van der Waals surface area (Å²) in [5.74, 6) is 0.579. The second-order valence-electron chi connectivity index (χ2n) is 4.86. The van der Waals surface area contributed by atoms with Crippen molar-refractivity contribution in [1.29, 1.82) is 0 Å². The molecule has 104 valence electrons. The minimum absolute atomic E-state index is 0.270. The Morgan fingerprint density at radius 2 is 2.00 bits per heavy atom. The van der Waals surface area contributed by atoms with Crippen LogP contribution < -0.4 is 11.1 Å². The van der Waals surface area contributed by atoms with Crippen molar-refractivity contribution in [1.82, 2.24) is 9.55 Å². The second-order valence-corrected chi connectivity index (χ2v) is 4.86. The van der Waals surface area contributed by atoms with Gasteiger partial charge in [0.05, 0.1) is 11.0 Å². The minimum Gasteiger partial charge on any atom is -0.370 e. The number of fused-ring (bicyclic) bond motifs is 3. The highest BCUT2D eigenvalue weighted by molar-refractivity contribution is 5.94. The highest BCUT2D eigenvalue weighted by Crippen LogP contribution is 2.32. The molecule has 1 atom stereocenters. The summed E-state index contributed by atoms with van der Waals surface area (Å²) >= 11 is 0. The van der Waals surface area contributed by atoms with Gasteiger partial charge in [-0.1, -0.05) is 24.3 Å². The van der Waals surface area contributed by atoms with Crippen LogP contribution in [0, 0.1) is 5.82 Å². The molecule has 2 heterocycles. The summed E-state index contributed by atoms with van der Waals surface area (Å²) in [4.78, 5) is 8.90. The van der Waals surface area contributed by atoms with Crippen LogP contribution >= 0.6 is 0 Å². The first kappa shape index (κ1) is 11.9. The van der Waals surface area contributed by atoms with Crippen molar-refractivity contribution in [2.45, 2.75) is 6.17 Å². The fraction of sp³-hybridized carbons (Fsp3) is 0.0667. The molecule has 3 N–H and O–H groups in total. The van der Waals surface area contributed by atoms with Gasteiger partial charge in [0.15, 0.2) is 12.1 Å². The lowest BCUT2D eigenvalue weighted by molar-refractivity contribution is 0.598. The molecule has 5 nitrogen and oxygen atoms in total. The predicted molar refractivity (Wildman–Crippen MR) is 79.5 cm³/mol. The van der Waals surface area contributed by atoms with Crippen molar-refractivity contribution >= 4 is 22.9 Å². The van der Waals surface area contributed by atoms with Gasteiger partial charge >= 0.3 is 0 Å². The summed E-state index contributed by atoms with van der Waals surface area (Å²) in [5, 5.41) is 2.95. The molecular formula is C15H12FN5. The number of rotatable bonds is 1. The molecule has 0 aliphatic carbocycles. The molecule has 0 saturated heterocycles. The summed E-state index contributed by atoms with van der Waals surface area (Å²) in [7, 11) is 0. The van der Waals surface area contributed by atoms with Crippen molar-refractivity contribution < 1.29 is 4.39 Å². The molecule has 4 rings (SSSR count). The first-order chi connectivity index (χ1) is 10.2. The third-order valence-electron chi connectivity index (χ3n) is 3.49. The number of imidazole rings is 1. The van der Waals surface area contributed by atoms with Crippen LogP contribution in [0.25, 0.3) is 11.0 Å². The van der Waals surface area contributed by atoms with Gasteiger partial charge in [-0.25, -0.2) is 14.4 Å². The number of hydrogen-bond donors (Lipinski definition) is 2. The molecule has 0 radical (unpaired) electrons. The fourth-order valence-electron chi connectivity index (χ4n) is 2.61. The lowest BCUT2D eigenvalue weighted by atomic mass is 10.1. The third-order valence-corrected chi connectivity index (χ3v) is 3.49. The molecule has 21 heavy (non-hydrogen) atoms. The van der Waals surface area contributed by atoms with E-state index in [1.807, 2.05) is 34.9 Å². The first-order valence-corrected chi connectivity index (χ1v) is 6.55. The predicted octanol–water partition coefficient (Wildman–Crippen LogP) is 2.46. The number of anilines is 1. The van der Waals surface area contributed by atoms with Crippen molar-refractivity contribution in [2.24, 2.45) is 10.7 Å². The number of aromatic nitrogens is 2. The van der Waals surface area contributed by atoms with Crippen LogP contribution in [-0.2, 0) is 0 Å². The molecule has 0 amide bonds. The maximum atomic E-state index is 13.5. The van der Waals surface area contributed by atoms with Gasteiger partial charge in [0.25, 0.3) is 0 Å². The zero-order valence-electron chi connectivity index (χ0n) is 11.0. The summed E-state index contributed by atoms with van der Waals surface area (Å²) in [5.41, 5.74) is 8.32. The molecule has 1 aliphatic rings. The van der Waals surface area contributed by atoms with Gasteiger partial charge in [-0.05, 0) is 29.8 Å². The number of guanidine groups is 1. The Hall–Kier alpha value is -2.89. The van der Waals surface area contributed by atoms with Gasteiger partial charge in [-0.2, -0.15) is 0 Å². The van der Waals surface area contributed by atoms with Gasteiger partial charge < -0.3 is 5.73 Å². The van der Waals surface area contributed by atoms with E-state index in [1.54, 1.807) is 6.07 Å². The van der Waals surface area contributed by atoms with Crippen LogP contribution in [0.1, 0.15) is 11.7 Å². The third kappa shape index (κ3) is 1.84. The summed E-state index contributed by atoms with van der Waals surface area (Å²) < 4.78 is 15.4. The molecule has 0 fully saturated rings. The van der Waals surface area contributed by atoms with E-state index in [1.165, 1.54) is 12.1 Å². The lowest BCUT2D eigenvalue weighted by Gasteiger charge is -2.23. The van der Waals surface area contributed by atoms with E-state index in [4.69, 9.17) is 5.73 Å². The van der Waals surface area contributed by atoms with Gasteiger partial charge in [0.2, 0.25) is 5.95 Å². The van der Waals surface area contributed by atoms with Gasteiger partial charge in [0, 0.05) is 0 Å². The number of halogens is 1. The van der Waals surface area contributed by atoms with E-state index in [0.717, 1.165) is 16.6 Å². The highest BCUT2D eigenvalue weighted by Gasteiger charge is 2.25. The van der Waals surface area contributed by atoms with Crippen LogP contribution in [0.3, 0.4) is 0 Å². The maximum Gasteiger partial charge on any atom is 0.212 e. The second kappa shape index (κ2) is 4.31. The van der Waals surface area contributed by atoms with Gasteiger partial charge in [-0.15, -0.1) is 0 Å². The number of aliphatic imine (C=N–C) groups is 1. The Morgan fingerprint density at radius 1 is 1.14 bits per heavy atom. The zero-order valence-corrected chi connectivity index (χ0v) is 11.0. The van der Waals surface area contributed by atoms with Crippen molar-refractivity contribution in [3.8, 4) is 0 Å². The molecule has 2 aromatic carbocycles. The SMILES string of the molecule is NC1=NC(c2cccc(F)c2)n2c(nc3ccccc32)N1.